The highest BCUT2D eigenvalue weighted by Gasteiger charge is 2.28. The Bertz CT molecular complexity index is 1230. The number of aryl methyl sites for hydroxylation is 1. The van der Waals surface area contributed by atoms with Crippen LogP contribution in [0.25, 0.3) is 0 Å². The number of hydrogen-bond acceptors (Lipinski definition) is 6. The Balaban J connectivity index is 1.51. The molecule has 1 aliphatic rings. The van der Waals surface area contributed by atoms with Crippen molar-refractivity contribution in [2.45, 2.75) is 33.4 Å². The molecule has 1 aliphatic heterocycles. The zero-order chi connectivity index (χ0) is 24.2. The lowest BCUT2D eigenvalue weighted by Crippen LogP contribution is -2.38. The number of hydrogen-bond donors (Lipinski definition) is 1. The molecule has 0 fully saturated rings. The summed E-state index contributed by atoms with van der Waals surface area (Å²) in [5, 5.41) is 2.76. The molecule has 0 saturated carbocycles. The van der Waals surface area contributed by atoms with Crippen LogP contribution in [0.5, 0.6) is 11.5 Å². The summed E-state index contributed by atoms with van der Waals surface area (Å²) >= 11 is 0. The number of fused-ring (bicyclic) bond motifs is 1. The summed E-state index contributed by atoms with van der Waals surface area (Å²) in [6.45, 7) is 5.46. The number of amides is 2. The highest BCUT2D eigenvalue weighted by Crippen LogP contribution is 2.34. The highest BCUT2D eigenvalue weighted by atomic mass is 16.5. The van der Waals surface area contributed by atoms with E-state index in [0.29, 0.717) is 28.5 Å². The molecule has 1 aromatic heterocycles. The Labute approximate surface area is 197 Å². The monoisotopic (exact) mass is 462 g/mol. The van der Waals surface area contributed by atoms with E-state index >= 15 is 0 Å². The van der Waals surface area contributed by atoms with Crippen LogP contribution in [-0.4, -0.2) is 36.9 Å². The lowest BCUT2D eigenvalue weighted by Gasteiger charge is -2.29. The number of carbonyl (C=O) groups is 3. The summed E-state index contributed by atoms with van der Waals surface area (Å²) in [4.78, 5) is 39.1. The number of ketones is 1. The van der Waals surface area contributed by atoms with Crippen LogP contribution < -0.4 is 19.7 Å². The van der Waals surface area contributed by atoms with Crippen molar-refractivity contribution in [3.8, 4) is 11.5 Å². The maximum Gasteiger partial charge on any atom is 0.287 e. The van der Waals surface area contributed by atoms with E-state index in [0.717, 1.165) is 5.56 Å². The lowest BCUT2D eigenvalue weighted by molar-refractivity contribution is -0.121. The molecule has 2 amide bonds. The minimum atomic E-state index is -0.323. The van der Waals surface area contributed by atoms with Gasteiger partial charge in [-0.3, -0.25) is 19.3 Å². The molecule has 2 heterocycles. The number of Topliss-reactive ketones (excluding diaryl/α,β-unsaturated/α-hetero) is 1. The molecule has 0 atom stereocenters. The molecule has 8 heteroatoms. The minimum absolute atomic E-state index is 0.0282. The van der Waals surface area contributed by atoms with Crippen molar-refractivity contribution >= 4 is 23.3 Å². The minimum Gasteiger partial charge on any atom is -0.485 e. The smallest absolute Gasteiger partial charge is 0.287 e. The van der Waals surface area contributed by atoms with Crippen LogP contribution in [0.15, 0.2) is 59.0 Å². The quantitative estimate of drug-likeness (QED) is 0.510. The normalized spacial score (nSPS) is 12.8. The van der Waals surface area contributed by atoms with E-state index in [1.54, 1.807) is 30.3 Å². The maximum absolute atomic E-state index is 12.8. The van der Waals surface area contributed by atoms with E-state index in [1.807, 2.05) is 45.0 Å². The van der Waals surface area contributed by atoms with Gasteiger partial charge in [0.05, 0.1) is 12.2 Å². The van der Waals surface area contributed by atoms with Crippen molar-refractivity contribution in [3.63, 3.8) is 0 Å². The fourth-order valence-electron chi connectivity index (χ4n) is 3.57. The summed E-state index contributed by atoms with van der Waals surface area (Å²) in [5.41, 5.74) is 1.79. The van der Waals surface area contributed by atoms with E-state index < -0.39 is 0 Å². The van der Waals surface area contributed by atoms with E-state index in [4.69, 9.17) is 13.9 Å². The fourth-order valence-corrected chi connectivity index (χ4v) is 3.57. The van der Waals surface area contributed by atoms with E-state index in [2.05, 4.69) is 5.32 Å². The molecule has 0 radical (unpaired) electrons. The average molecular weight is 463 g/mol. The molecule has 1 N–H and O–H groups in total. The van der Waals surface area contributed by atoms with Gasteiger partial charge in [0.1, 0.15) is 17.3 Å². The Kier molecular flexibility index (Phi) is 6.67. The van der Waals surface area contributed by atoms with Crippen molar-refractivity contribution in [1.82, 2.24) is 5.32 Å². The largest absolute Gasteiger partial charge is 0.485 e. The van der Waals surface area contributed by atoms with Gasteiger partial charge in [-0.2, -0.15) is 0 Å². The first-order valence-corrected chi connectivity index (χ1v) is 11.0. The summed E-state index contributed by atoms with van der Waals surface area (Å²) in [6.07, 6.45) is 0. The van der Waals surface area contributed by atoms with Gasteiger partial charge in [-0.05, 0) is 62.7 Å². The molecule has 0 spiro atoms. The Morgan fingerprint density at radius 2 is 1.91 bits per heavy atom. The van der Waals surface area contributed by atoms with Gasteiger partial charge in [0, 0.05) is 11.6 Å². The standard InChI is InChI=1S/C26H26N2O6/c1-16(2)27-26(31)24-11-9-19(34-24)13-28-20-12-18(8-10-23(20)33-15-25(28)30)21(29)14-32-22-7-5-4-6-17(22)3/h4-12,16H,13-15H2,1-3H3,(H,27,31). The predicted octanol–water partition coefficient (Wildman–Crippen LogP) is 3.91. The van der Waals surface area contributed by atoms with Crippen LogP contribution in [0.3, 0.4) is 0 Å². The summed E-state index contributed by atoms with van der Waals surface area (Å²) < 4.78 is 16.9. The third-order valence-electron chi connectivity index (χ3n) is 5.30. The third kappa shape index (κ3) is 5.11. The van der Waals surface area contributed by atoms with Crippen molar-refractivity contribution < 1.29 is 28.3 Å². The number of carbonyl (C=O) groups excluding carboxylic acids is 3. The maximum atomic E-state index is 12.8. The molecular weight excluding hydrogens is 436 g/mol. The number of benzene rings is 2. The molecule has 34 heavy (non-hydrogen) atoms. The number of anilines is 1. The van der Waals surface area contributed by atoms with Crippen LogP contribution >= 0.6 is 0 Å². The van der Waals surface area contributed by atoms with E-state index in [-0.39, 0.29) is 49.2 Å². The van der Waals surface area contributed by atoms with Crippen molar-refractivity contribution in [2.24, 2.45) is 0 Å². The number of para-hydroxylation sites is 1. The number of nitrogens with one attached hydrogen (secondary N) is 1. The molecule has 0 aliphatic carbocycles. The second-order valence-corrected chi connectivity index (χ2v) is 8.32. The first kappa shape index (κ1) is 23.1. The van der Waals surface area contributed by atoms with Gasteiger partial charge >= 0.3 is 0 Å². The molecule has 2 aromatic carbocycles. The second-order valence-electron chi connectivity index (χ2n) is 8.32. The first-order chi connectivity index (χ1) is 16.3. The van der Waals surface area contributed by atoms with Crippen LogP contribution in [0.1, 0.15) is 46.1 Å². The zero-order valence-electron chi connectivity index (χ0n) is 19.3. The van der Waals surface area contributed by atoms with Gasteiger partial charge in [0.2, 0.25) is 0 Å². The zero-order valence-corrected chi connectivity index (χ0v) is 19.3. The van der Waals surface area contributed by atoms with Crippen LogP contribution in [0, 0.1) is 6.92 Å². The van der Waals surface area contributed by atoms with Gasteiger partial charge in [0.25, 0.3) is 11.8 Å². The van der Waals surface area contributed by atoms with Crippen molar-refractivity contribution in [2.75, 3.05) is 18.1 Å². The number of furan rings is 1. The lowest BCUT2D eigenvalue weighted by atomic mass is 10.1. The number of rotatable bonds is 8. The molecule has 0 saturated heterocycles. The molecule has 3 aromatic rings. The molecule has 0 bridgehead atoms. The molecular formula is C26H26N2O6. The molecule has 4 rings (SSSR count). The second kappa shape index (κ2) is 9.82. The van der Waals surface area contributed by atoms with Crippen LogP contribution in [0.2, 0.25) is 0 Å². The summed E-state index contributed by atoms with van der Waals surface area (Å²) in [6, 6.07) is 15.6. The number of ether oxygens (including phenoxy) is 2. The van der Waals surface area contributed by atoms with Gasteiger partial charge in [0.15, 0.2) is 24.8 Å². The first-order valence-electron chi connectivity index (χ1n) is 11.0. The average Bonchev–Trinajstić information content (AvgIpc) is 3.28. The summed E-state index contributed by atoms with van der Waals surface area (Å²) in [5.74, 6) is 0.907. The van der Waals surface area contributed by atoms with Crippen molar-refractivity contribution in [1.29, 1.82) is 0 Å². The number of nitrogens with zero attached hydrogens (tertiary/aromatic N) is 1. The molecule has 176 valence electrons. The SMILES string of the molecule is Cc1ccccc1OCC(=O)c1ccc2c(c1)N(Cc1ccc(C(=O)NC(C)C)o1)C(=O)CO2. The van der Waals surface area contributed by atoms with Crippen molar-refractivity contribution in [3.05, 3.63) is 77.2 Å². The highest BCUT2D eigenvalue weighted by molar-refractivity contribution is 6.02. The van der Waals surface area contributed by atoms with Gasteiger partial charge in [-0.1, -0.05) is 18.2 Å². The van der Waals surface area contributed by atoms with E-state index in [1.165, 1.54) is 4.90 Å². The Morgan fingerprint density at radius 1 is 1.12 bits per heavy atom. The van der Waals surface area contributed by atoms with Gasteiger partial charge < -0.3 is 19.2 Å². The van der Waals surface area contributed by atoms with E-state index in [9.17, 15) is 14.4 Å². The Hall–Kier alpha value is -4.07. The molecule has 0 unspecified atom stereocenters. The fraction of sp³-hybridized carbons (Fsp3) is 0.269. The Morgan fingerprint density at radius 3 is 2.68 bits per heavy atom. The van der Waals surface area contributed by atoms with Gasteiger partial charge in [-0.15, -0.1) is 0 Å². The third-order valence-corrected chi connectivity index (χ3v) is 5.30. The van der Waals surface area contributed by atoms with Crippen LogP contribution in [0.4, 0.5) is 5.69 Å². The predicted molar refractivity (Wildman–Crippen MR) is 125 cm³/mol. The van der Waals surface area contributed by atoms with Gasteiger partial charge in [-0.25, -0.2) is 0 Å². The van der Waals surface area contributed by atoms with Crippen LogP contribution in [-0.2, 0) is 11.3 Å². The molecule has 8 nitrogen and oxygen atoms in total. The summed E-state index contributed by atoms with van der Waals surface area (Å²) in [7, 11) is 0. The topological polar surface area (TPSA) is 98.1 Å².